The van der Waals surface area contributed by atoms with E-state index in [1.165, 1.54) is 17.2 Å². The van der Waals surface area contributed by atoms with E-state index in [-0.39, 0.29) is 35.9 Å². The minimum absolute atomic E-state index is 0.0707. The van der Waals surface area contributed by atoms with Crippen LogP contribution in [0.2, 0.25) is 0 Å². The number of aliphatic hydroxyl groups excluding tert-OH is 1. The molecule has 2 aromatic heterocycles. The highest BCUT2D eigenvalue weighted by Crippen LogP contribution is 2.32. The molecule has 3 rings (SSSR count). The molecule has 0 aliphatic carbocycles. The van der Waals surface area contributed by atoms with E-state index in [0.29, 0.717) is 6.42 Å². The number of anilines is 1. The molecule has 11 N–H and O–H groups in total. The number of amides is 1. The topological polar surface area (TPSA) is 256 Å². The van der Waals surface area contributed by atoms with Gasteiger partial charge in [0.25, 0.3) is 0 Å². The molecule has 0 saturated carbocycles. The predicted octanol–water partition coefficient (Wildman–Crippen LogP) is -3.38. The largest absolute Gasteiger partial charge is 0.479 e. The molecule has 0 radical (unpaired) electrons. The van der Waals surface area contributed by atoms with Gasteiger partial charge in [0, 0.05) is 6.54 Å². The number of aliphatic carboxylic acids is 1. The number of carbonyl (C=O) groups excluding carboxylic acids is 1. The Labute approximate surface area is 175 Å². The molecular formula is C16H24N10O5. The number of carbonyl (C=O) groups is 2. The lowest BCUT2D eigenvalue weighted by Gasteiger charge is -2.22. The standard InChI is InChI=1S/C16H24N10O5/c17-6(2-1-3-21-16(19)20)13(28)25-7-9(27)14(31-10(7)15(29)30)26-5-24-8-11(18)22-4-23-12(8)26/h4-7,9-10,14,27H,1-3,17H2,(H,25,28)(H,29,30)(H2,18,22,23)(H4,19,20,21). The van der Waals surface area contributed by atoms with E-state index in [9.17, 15) is 19.8 Å². The maximum absolute atomic E-state index is 12.5. The number of aliphatic imine (C=N–C) groups is 1. The second-order valence-corrected chi connectivity index (χ2v) is 6.95. The average molecular weight is 436 g/mol. The number of nitrogens with one attached hydrogen (secondary N) is 1. The molecule has 1 amide bonds. The summed E-state index contributed by atoms with van der Waals surface area (Å²) in [7, 11) is 0. The summed E-state index contributed by atoms with van der Waals surface area (Å²) >= 11 is 0. The summed E-state index contributed by atoms with van der Waals surface area (Å²) in [6.07, 6.45) is -0.987. The maximum Gasteiger partial charge on any atom is 0.335 e. The zero-order chi connectivity index (χ0) is 22.7. The molecule has 0 bridgehead atoms. The van der Waals surface area contributed by atoms with E-state index >= 15 is 0 Å². The van der Waals surface area contributed by atoms with Crippen LogP contribution in [0.25, 0.3) is 11.2 Å². The molecule has 1 saturated heterocycles. The zero-order valence-electron chi connectivity index (χ0n) is 16.3. The lowest BCUT2D eigenvalue weighted by atomic mass is 10.1. The monoisotopic (exact) mass is 436 g/mol. The number of rotatable bonds is 8. The zero-order valence-corrected chi connectivity index (χ0v) is 16.3. The number of hydrogen-bond donors (Lipinski definition) is 7. The van der Waals surface area contributed by atoms with E-state index in [4.69, 9.17) is 27.7 Å². The van der Waals surface area contributed by atoms with Crippen molar-refractivity contribution in [1.82, 2.24) is 24.8 Å². The van der Waals surface area contributed by atoms with Gasteiger partial charge in [-0.05, 0) is 12.8 Å². The quantitative estimate of drug-likeness (QED) is 0.121. The average Bonchev–Trinajstić information content (AvgIpc) is 3.27. The highest BCUT2D eigenvalue weighted by atomic mass is 16.6. The molecule has 1 fully saturated rings. The molecular weight excluding hydrogens is 412 g/mol. The van der Waals surface area contributed by atoms with Gasteiger partial charge in [-0.3, -0.25) is 14.4 Å². The van der Waals surface area contributed by atoms with Crippen LogP contribution in [0.4, 0.5) is 5.82 Å². The number of carboxylic acid groups (broad SMARTS) is 1. The highest BCUT2D eigenvalue weighted by molar-refractivity contribution is 5.84. The normalized spacial score (nSPS) is 24.1. The van der Waals surface area contributed by atoms with Crippen LogP contribution < -0.4 is 28.3 Å². The third-order valence-corrected chi connectivity index (χ3v) is 4.79. The Morgan fingerprint density at radius 3 is 2.74 bits per heavy atom. The number of aromatic nitrogens is 4. The molecule has 2 aromatic rings. The molecule has 168 valence electrons. The van der Waals surface area contributed by atoms with Crippen molar-refractivity contribution in [3.8, 4) is 0 Å². The molecule has 1 aliphatic heterocycles. The lowest BCUT2D eigenvalue weighted by Crippen LogP contribution is -2.54. The highest BCUT2D eigenvalue weighted by Gasteiger charge is 2.49. The van der Waals surface area contributed by atoms with Crippen molar-refractivity contribution >= 4 is 34.8 Å². The number of aliphatic hydroxyl groups is 1. The van der Waals surface area contributed by atoms with E-state index in [1.54, 1.807) is 0 Å². The van der Waals surface area contributed by atoms with Crippen molar-refractivity contribution in [3.63, 3.8) is 0 Å². The minimum Gasteiger partial charge on any atom is -0.479 e. The van der Waals surface area contributed by atoms with Crippen molar-refractivity contribution in [2.75, 3.05) is 12.3 Å². The fourth-order valence-corrected chi connectivity index (χ4v) is 3.25. The molecule has 3 heterocycles. The van der Waals surface area contributed by atoms with Crippen LogP contribution in [0.15, 0.2) is 17.6 Å². The summed E-state index contributed by atoms with van der Waals surface area (Å²) in [4.78, 5) is 39.9. The van der Waals surface area contributed by atoms with E-state index in [0.717, 1.165) is 0 Å². The number of ether oxygens (including phenoxy) is 1. The number of imidazole rings is 1. The van der Waals surface area contributed by atoms with Crippen molar-refractivity contribution in [2.45, 2.75) is 43.4 Å². The Bertz CT molecular complexity index is 990. The number of nitrogen functional groups attached to an aromatic ring is 1. The van der Waals surface area contributed by atoms with Gasteiger partial charge in [-0.25, -0.2) is 19.7 Å². The first-order chi connectivity index (χ1) is 14.7. The Balaban J connectivity index is 1.74. The first-order valence-electron chi connectivity index (χ1n) is 9.31. The Hall–Kier alpha value is -3.56. The van der Waals surface area contributed by atoms with Crippen LogP contribution in [0.5, 0.6) is 0 Å². The fourth-order valence-electron chi connectivity index (χ4n) is 3.25. The first kappa shape index (κ1) is 22.1. The lowest BCUT2D eigenvalue weighted by molar-refractivity contribution is -0.152. The van der Waals surface area contributed by atoms with Crippen LogP contribution in [0.1, 0.15) is 19.1 Å². The van der Waals surface area contributed by atoms with Crippen LogP contribution in [-0.4, -0.2) is 78.4 Å². The number of carboxylic acids is 1. The minimum atomic E-state index is -1.53. The van der Waals surface area contributed by atoms with E-state index in [1.807, 2.05) is 0 Å². The van der Waals surface area contributed by atoms with Gasteiger partial charge >= 0.3 is 5.97 Å². The number of hydrogen-bond acceptors (Lipinski definition) is 10. The van der Waals surface area contributed by atoms with E-state index < -0.39 is 42.4 Å². The number of nitrogens with zero attached hydrogens (tertiary/aromatic N) is 5. The molecule has 5 unspecified atom stereocenters. The molecule has 5 atom stereocenters. The van der Waals surface area contributed by atoms with Gasteiger partial charge in [-0.15, -0.1) is 0 Å². The number of nitrogens with two attached hydrogens (primary N) is 4. The van der Waals surface area contributed by atoms with Gasteiger partial charge in [0.05, 0.1) is 18.4 Å². The van der Waals surface area contributed by atoms with Crippen LogP contribution >= 0.6 is 0 Å². The van der Waals surface area contributed by atoms with Crippen LogP contribution in [-0.2, 0) is 14.3 Å². The van der Waals surface area contributed by atoms with Crippen molar-refractivity contribution in [3.05, 3.63) is 12.7 Å². The smallest absolute Gasteiger partial charge is 0.335 e. The molecule has 1 aliphatic rings. The van der Waals surface area contributed by atoms with Gasteiger partial charge in [0.15, 0.2) is 29.8 Å². The third kappa shape index (κ3) is 4.62. The van der Waals surface area contributed by atoms with Gasteiger partial charge in [-0.2, -0.15) is 0 Å². The summed E-state index contributed by atoms with van der Waals surface area (Å²) in [5, 5.41) is 22.7. The molecule has 0 spiro atoms. The molecule has 15 nitrogen and oxygen atoms in total. The van der Waals surface area contributed by atoms with Crippen LogP contribution in [0, 0.1) is 0 Å². The Morgan fingerprint density at radius 2 is 2.06 bits per heavy atom. The fraction of sp³-hybridized carbons (Fsp3) is 0.500. The summed E-state index contributed by atoms with van der Waals surface area (Å²) in [5.41, 5.74) is 22.6. The van der Waals surface area contributed by atoms with Crippen molar-refractivity contribution in [1.29, 1.82) is 0 Å². The third-order valence-electron chi connectivity index (χ3n) is 4.79. The van der Waals surface area contributed by atoms with Gasteiger partial charge in [0.2, 0.25) is 5.91 Å². The SMILES string of the molecule is NC(N)=NCCCC(N)C(=O)NC1C(C(=O)O)OC(n2cnc3c(N)ncnc32)C1O. The van der Waals surface area contributed by atoms with Gasteiger partial charge in [0.1, 0.15) is 17.9 Å². The van der Waals surface area contributed by atoms with Crippen molar-refractivity contribution in [2.24, 2.45) is 22.2 Å². The van der Waals surface area contributed by atoms with Crippen LogP contribution in [0.3, 0.4) is 0 Å². The predicted molar refractivity (Wildman–Crippen MR) is 107 cm³/mol. The summed E-state index contributed by atoms with van der Waals surface area (Å²) in [5.74, 6) is -1.97. The Kier molecular flexibility index (Phi) is 6.47. The summed E-state index contributed by atoms with van der Waals surface area (Å²) in [6, 6.07) is -2.23. The van der Waals surface area contributed by atoms with Gasteiger partial charge in [-0.1, -0.05) is 0 Å². The second-order valence-electron chi connectivity index (χ2n) is 6.95. The number of guanidine groups is 1. The Morgan fingerprint density at radius 1 is 1.32 bits per heavy atom. The second kappa shape index (κ2) is 9.07. The molecule has 15 heteroatoms. The van der Waals surface area contributed by atoms with Crippen molar-refractivity contribution < 1.29 is 24.5 Å². The number of fused-ring (bicyclic) bond motifs is 1. The summed E-state index contributed by atoms with van der Waals surface area (Å²) in [6.45, 7) is 0.289. The van der Waals surface area contributed by atoms with E-state index in [2.05, 4.69) is 25.3 Å². The maximum atomic E-state index is 12.5. The first-order valence-corrected chi connectivity index (χ1v) is 9.31. The van der Waals surface area contributed by atoms with Gasteiger partial charge < -0.3 is 43.2 Å². The molecule has 31 heavy (non-hydrogen) atoms. The summed E-state index contributed by atoms with van der Waals surface area (Å²) < 4.78 is 6.85. The molecule has 0 aromatic carbocycles.